The van der Waals surface area contributed by atoms with Crippen molar-refractivity contribution in [1.29, 1.82) is 0 Å². The van der Waals surface area contributed by atoms with Gasteiger partial charge in [0.05, 0.1) is 10.6 Å². The largest absolute Gasteiger partial charge is 0.858 e. The molecule has 28 heavy (non-hydrogen) atoms. The van der Waals surface area contributed by atoms with Gasteiger partial charge in [-0.3, -0.25) is 9.71 Å². The summed E-state index contributed by atoms with van der Waals surface area (Å²) in [5.74, 6) is -2.90. The Hall–Kier alpha value is -2.78. The lowest BCUT2D eigenvalue weighted by Gasteiger charge is -2.13. The van der Waals surface area contributed by atoms with Crippen molar-refractivity contribution in [3.63, 3.8) is 0 Å². The molecule has 0 atom stereocenters. The van der Waals surface area contributed by atoms with Crippen LogP contribution in [0.1, 0.15) is 5.56 Å². The molecule has 0 aliphatic heterocycles. The smallest absolute Gasteiger partial charge is 0.261 e. The Labute approximate surface area is 168 Å². The summed E-state index contributed by atoms with van der Waals surface area (Å²) in [5.41, 5.74) is 0.903. The minimum absolute atomic E-state index is 0.157. The van der Waals surface area contributed by atoms with Gasteiger partial charge in [0.1, 0.15) is 0 Å². The van der Waals surface area contributed by atoms with Crippen molar-refractivity contribution in [3.05, 3.63) is 88.4 Å². The first kappa shape index (κ1) is 20.0. The van der Waals surface area contributed by atoms with Crippen LogP contribution in [-0.2, 0) is 10.0 Å². The van der Waals surface area contributed by atoms with Gasteiger partial charge >= 0.3 is 0 Å². The monoisotopic (exact) mass is 465 g/mol. The van der Waals surface area contributed by atoms with E-state index < -0.39 is 32.5 Å². The van der Waals surface area contributed by atoms with E-state index in [1.807, 2.05) is 0 Å². The molecule has 5 nitrogen and oxygen atoms in total. The van der Waals surface area contributed by atoms with Gasteiger partial charge in [-0.05, 0) is 66.1 Å². The Morgan fingerprint density at radius 1 is 0.929 bits per heavy atom. The van der Waals surface area contributed by atoms with Gasteiger partial charge in [-0.25, -0.2) is 17.2 Å². The second kappa shape index (κ2) is 8.07. The van der Waals surface area contributed by atoms with Crippen molar-refractivity contribution in [2.75, 3.05) is 4.72 Å². The van der Waals surface area contributed by atoms with Crippen molar-refractivity contribution < 1.29 is 22.3 Å². The van der Waals surface area contributed by atoms with E-state index in [1.54, 1.807) is 24.3 Å². The van der Waals surface area contributed by atoms with Gasteiger partial charge in [-0.15, -0.1) is 0 Å². The highest BCUT2D eigenvalue weighted by atomic mass is 79.9. The van der Waals surface area contributed by atoms with Gasteiger partial charge in [0.2, 0.25) is 0 Å². The highest BCUT2D eigenvalue weighted by Gasteiger charge is 2.16. The molecule has 0 bridgehead atoms. The maximum atomic E-state index is 13.3. The average molecular weight is 466 g/mol. The first-order valence-corrected chi connectivity index (χ1v) is 10.1. The van der Waals surface area contributed by atoms with Crippen molar-refractivity contribution in [2.24, 2.45) is 4.99 Å². The van der Waals surface area contributed by atoms with E-state index in [4.69, 9.17) is 0 Å². The number of nitrogens with zero attached hydrogens (tertiary/aromatic N) is 1. The minimum Gasteiger partial charge on any atom is -0.858 e. The van der Waals surface area contributed by atoms with Gasteiger partial charge in [0.15, 0.2) is 11.6 Å². The summed E-state index contributed by atoms with van der Waals surface area (Å²) < 4.78 is 53.9. The molecular formula is C19H12BrF2N2O3S-. The highest BCUT2D eigenvalue weighted by Crippen LogP contribution is 2.20. The molecule has 3 aromatic rings. The summed E-state index contributed by atoms with van der Waals surface area (Å²) in [4.78, 5) is 3.54. The fourth-order valence-electron chi connectivity index (χ4n) is 2.24. The van der Waals surface area contributed by atoms with Gasteiger partial charge in [-0.2, -0.15) is 0 Å². The van der Waals surface area contributed by atoms with E-state index in [0.717, 1.165) is 16.6 Å². The van der Waals surface area contributed by atoms with Gasteiger partial charge in [0, 0.05) is 10.2 Å². The number of anilines is 1. The number of nitrogens with one attached hydrogen (secondary N) is 1. The highest BCUT2D eigenvalue weighted by molar-refractivity contribution is 9.10. The molecule has 9 heteroatoms. The molecule has 144 valence electrons. The normalized spacial score (nSPS) is 12.0. The Morgan fingerprint density at radius 2 is 1.57 bits per heavy atom. The Kier molecular flexibility index (Phi) is 5.76. The molecule has 0 saturated heterocycles. The van der Waals surface area contributed by atoms with Crippen LogP contribution in [0.2, 0.25) is 0 Å². The first-order valence-electron chi connectivity index (χ1n) is 7.84. The van der Waals surface area contributed by atoms with Gasteiger partial charge < -0.3 is 5.11 Å². The third-order valence-electron chi connectivity index (χ3n) is 3.64. The fourth-order valence-corrected chi connectivity index (χ4v) is 3.57. The number of aliphatic imine (C=N–C) groups is 1. The molecule has 0 aromatic heterocycles. The SMILES string of the molecule is O=S(=O)(Nc1ccc(C([O-])=Nc2ccc(Br)cc2)cc1)c1ccc(F)c(F)c1. The van der Waals surface area contributed by atoms with E-state index in [0.29, 0.717) is 11.8 Å². The van der Waals surface area contributed by atoms with Gasteiger partial charge in [0.25, 0.3) is 10.0 Å². The summed E-state index contributed by atoms with van der Waals surface area (Å²) in [5, 5.41) is 12.2. The molecule has 0 heterocycles. The Bertz CT molecular complexity index is 1130. The topological polar surface area (TPSA) is 81.6 Å². The third-order valence-corrected chi connectivity index (χ3v) is 5.55. The van der Waals surface area contributed by atoms with Crippen LogP contribution in [0.15, 0.2) is 81.1 Å². The van der Waals surface area contributed by atoms with Crippen molar-refractivity contribution in [2.45, 2.75) is 4.90 Å². The second-order valence-electron chi connectivity index (χ2n) is 5.65. The number of sulfonamides is 1. The summed E-state index contributed by atoms with van der Waals surface area (Å²) in [6, 6.07) is 14.7. The molecular weight excluding hydrogens is 454 g/mol. The zero-order valence-corrected chi connectivity index (χ0v) is 16.5. The lowest BCUT2D eigenvalue weighted by Crippen LogP contribution is -2.18. The zero-order valence-electron chi connectivity index (χ0n) is 14.1. The molecule has 0 radical (unpaired) electrons. The molecule has 0 aliphatic rings. The molecule has 1 N–H and O–H groups in total. The van der Waals surface area contributed by atoms with Crippen LogP contribution in [0.3, 0.4) is 0 Å². The fraction of sp³-hybridized carbons (Fsp3) is 0. The second-order valence-corrected chi connectivity index (χ2v) is 8.25. The molecule has 3 rings (SSSR count). The van der Waals surface area contributed by atoms with Crippen molar-refractivity contribution in [1.82, 2.24) is 0 Å². The third kappa shape index (κ3) is 4.73. The summed E-state index contributed by atoms with van der Waals surface area (Å²) in [6.45, 7) is 0. The van der Waals surface area contributed by atoms with E-state index in [1.165, 1.54) is 24.3 Å². The van der Waals surface area contributed by atoms with E-state index >= 15 is 0 Å². The minimum atomic E-state index is -4.11. The number of rotatable bonds is 5. The van der Waals surface area contributed by atoms with E-state index in [9.17, 15) is 22.3 Å². The Morgan fingerprint density at radius 3 is 2.18 bits per heavy atom. The van der Waals surface area contributed by atoms with Crippen LogP contribution in [-0.4, -0.2) is 14.3 Å². The average Bonchev–Trinajstić information content (AvgIpc) is 2.66. The number of hydrogen-bond donors (Lipinski definition) is 1. The molecule has 3 aromatic carbocycles. The number of benzene rings is 3. The first-order chi connectivity index (χ1) is 13.2. The quantitative estimate of drug-likeness (QED) is 0.457. The molecule has 0 saturated carbocycles. The van der Waals surface area contributed by atoms with Crippen molar-refractivity contribution >= 4 is 43.2 Å². The molecule has 0 aliphatic carbocycles. The number of hydrogen-bond acceptors (Lipinski definition) is 4. The molecule has 0 amide bonds. The lowest BCUT2D eigenvalue weighted by atomic mass is 10.2. The maximum Gasteiger partial charge on any atom is 0.261 e. The van der Waals surface area contributed by atoms with Crippen LogP contribution in [0, 0.1) is 11.6 Å². The molecule has 0 fully saturated rings. The predicted octanol–water partition coefficient (Wildman–Crippen LogP) is 3.97. The van der Waals surface area contributed by atoms with Crippen LogP contribution < -0.4 is 9.83 Å². The zero-order chi connectivity index (χ0) is 20.3. The van der Waals surface area contributed by atoms with Crippen LogP contribution in [0.25, 0.3) is 0 Å². The standard InChI is InChI=1S/C19H13BrF2N2O3S/c20-13-3-7-14(8-4-13)23-19(25)12-1-5-15(6-2-12)24-28(26,27)16-9-10-17(21)18(22)11-16/h1-11,24H,(H,23,25)/p-1. The Balaban J connectivity index is 1.78. The summed E-state index contributed by atoms with van der Waals surface area (Å²) in [7, 11) is -4.11. The molecule has 0 unspecified atom stereocenters. The summed E-state index contributed by atoms with van der Waals surface area (Å²) >= 11 is 3.29. The van der Waals surface area contributed by atoms with E-state index in [-0.39, 0.29) is 11.3 Å². The summed E-state index contributed by atoms with van der Waals surface area (Å²) in [6.07, 6.45) is 0. The van der Waals surface area contributed by atoms with Crippen LogP contribution >= 0.6 is 15.9 Å². The van der Waals surface area contributed by atoms with E-state index in [2.05, 4.69) is 25.6 Å². The van der Waals surface area contributed by atoms with Crippen LogP contribution in [0.5, 0.6) is 0 Å². The predicted molar refractivity (Wildman–Crippen MR) is 104 cm³/mol. The maximum absolute atomic E-state index is 13.3. The van der Waals surface area contributed by atoms with Crippen LogP contribution in [0.4, 0.5) is 20.2 Å². The van der Waals surface area contributed by atoms with Crippen molar-refractivity contribution in [3.8, 4) is 0 Å². The van der Waals surface area contributed by atoms with Gasteiger partial charge in [-0.1, -0.05) is 28.1 Å². The molecule has 0 spiro atoms. The lowest BCUT2D eigenvalue weighted by molar-refractivity contribution is -0.212. The number of halogens is 3.